The Balaban J connectivity index is 3.15. The van der Waals surface area contributed by atoms with Crippen molar-refractivity contribution in [2.24, 2.45) is 5.92 Å². The van der Waals surface area contributed by atoms with Crippen LogP contribution in [0.4, 0.5) is 0 Å². The standard InChI is InChI=1S/C20H28O2/c1-13(2)10-17(21)12-16(6)18-9-7-8-15(5)20(18)19(22)11-14(3)4/h10-12,18H,7-9H2,1-6H3/b16-12+. The lowest BCUT2D eigenvalue weighted by Gasteiger charge is -2.27. The maximum Gasteiger partial charge on any atom is 0.182 e. The van der Waals surface area contributed by atoms with Gasteiger partial charge in [0.2, 0.25) is 0 Å². The maximum absolute atomic E-state index is 12.5. The molecule has 0 heterocycles. The lowest BCUT2D eigenvalue weighted by molar-refractivity contribution is -0.112. The summed E-state index contributed by atoms with van der Waals surface area (Å²) in [6.45, 7) is 11.7. The van der Waals surface area contributed by atoms with Gasteiger partial charge < -0.3 is 0 Å². The first-order valence-electron chi connectivity index (χ1n) is 7.98. The summed E-state index contributed by atoms with van der Waals surface area (Å²) in [6, 6.07) is 0. The van der Waals surface area contributed by atoms with E-state index in [0.717, 1.165) is 41.6 Å². The van der Waals surface area contributed by atoms with Gasteiger partial charge in [0.05, 0.1) is 0 Å². The van der Waals surface area contributed by atoms with E-state index in [1.807, 2.05) is 41.5 Å². The molecule has 0 aromatic rings. The zero-order valence-electron chi connectivity index (χ0n) is 14.7. The first-order valence-corrected chi connectivity index (χ1v) is 7.98. The molecule has 22 heavy (non-hydrogen) atoms. The Morgan fingerprint density at radius 2 is 1.55 bits per heavy atom. The maximum atomic E-state index is 12.5. The summed E-state index contributed by atoms with van der Waals surface area (Å²) >= 11 is 0. The summed E-state index contributed by atoms with van der Waals surface area (Å²) < 4.78 is 0. The topological polar surface area (TPSA) is 34.1 Å². The van der Waals surface area contributed by atoms with Crippen molar-refractivity contribution >= 4 is 11.6 Å². The van der Waals surface area contributed by atoms with Crippen molar-refractivity contribution in [3.63, 3.8) is 0 Å². The predicted molar refractivity (Wildman–Crippen MR) is 92.7 cm³/mol. The number of allylic oxidation sites excluding steroid dienone is 8. The molecular formula is C20H28O2. The highest BCUT2D eigenvalue weighted by atomic mass is 16.1. The molecule has 0 N–H and O–H groups in total. The Kier molecular flexibility index (Phi) is 6.73. The van der Waals surface area contributed by atoms with Gasteiger partial charge in [-0.3, -0.25) is 9.59 Å². The molecule has 120 valence electrons. The monoisotopic (exact) mass is 300 g/mol. The average molecular weight is 300 g/mol. The van der Waals surface area contributed by atoms with E-state index in [-0.39, 0.29) is 17.5 Å². The van der Waals surface area contributed by atoms with Gasteiger partial charge in [-0.2, -0.15) is 0 Å². The van der Waals surface area contributed by atoms with E-state index in [4.69, 9.17) is 0 Å². The molecule has 1 unspecified atom stereocenters. The minimum absolute atomic E-state index is 0.00902. The summed E-state index contributed by atoms with van der Waals surface area (Å²) in [5.74, 6) is 0.186. The van der Waals surface area contributed by atoms with Gasteiger partial charge in [-0.25, -0.2) is 0 Å². The Morgan fingerprint density at radius 3 is 2.09 bits per heavy atom. The summed E-state index contributed by atoms with van der Waals surface area (Å²) in [4.78, 5) is 24.5. The number of carbonyl (C=O) groups is 2. The largest absolute Gasteiger partial charge is 0.290 e. The Hall–Kier alpha value is -1.70. The molecule has 0 bridgehead atoms. The quantitative estimate of drug-likeness (QED) is 0.660. The van der Waals surface area contributed by atoms with Crippen molar-refractivity contribution in [3.8, 4) is 0 Å². The van der Waals surface area contributed by atoms with E-state index in [9.17, 15) is 9.59 Å². The number of carbonyl (C=O) groups excluding carboxylic acids is 2. The molecule has 0 amide bonds. The number of rotatable bonds is 5. The molecule has 0 radical (unpaired) electrons. The fourth-order valence-corrected chi connectivity index (χ4v) is 2.98. The van der Waals surface area contributed by atoms with E-state index in [1.54, 1.807) is 18.2 Å². The molecule has 0 aliphatic heterocycles. The molecule has 0 aromatic heterocycles. The molecule has 1 atom stereocenters. The third kappa shape index (κ3) is 5.25. The van der Waals surface area contributed by atoms with Gasteiger partial charge in [0.25, 0.3) is 0 Å². The normalized spacial score (nSPS) is 18.8. The minimum Gasteiger partial charge on any atom is -0.290 e. The first kappa shape index (κ1) is 18.3. The van der Waals surface area contributed by atoms with Crippen LogP contribution in [0.25, 0.3) is 0 Å². The number of hydrogen-bond donors (Lipinski definition) is 0. The van der Waals surface area contributed by atoms with Gasteiger partial charge in [0.1, 0.15) is 0 Å². The second kappa shape index (κ2) is 8.07. The molecule has 2 heteroatoms. The highest BCUT2D eigenvalue weighted by Gasteiger charge is 2.26. The highest BCUT2D eigenvalue weighted by molar-refractivity contribution is 6.06. The van der Waals surface area contributed by atoms with Crippen molar-refractivity contribution in [3.05, 3.63) is 46.1 Å². The highest BCUT2D eigenvalue weighted by Crippen LogP contribution is 2.35. The van der Waals surface area contributed by atoms with E-state index in [1.165, 1.54) is 5.57 Å². The van der Waals surface area contributed by atoms with Gasteiger partial charge in [-0.05, 0) is 79.0 Å². The molecular weight excluding hydrogens is 272 g/mol. The van der Waals surface area contributed by atoms with Crippen LogP contribution in [0.5, 0.6) is 0 Å². The molecule has 0 aromatic carbocycles. The van der Waals surface area contributed by atoms with Crippen LogP contribution in [0, 0.1) is 5.92 Å². The van der Waals surface area contributed by atoms with Crippen molar-refractivity contribution < 1.29 is 9.59 Å². The summed E-state index contributed by atoms with van der Waals surface area (Å²) in [6.07, 6.45) is 8.03. The van der Waals surface area contributed by atoms with Crippen LogP contribution >= 0.6 is 0 Å². The van der Waals surface area contributed by atoms with Gasteiger partial charge in [-0.1, -0.05) is 22.3 Å². The van der Waals surface area contributed by atoms with E-state index < -0.39 is 0 Å². The zero-order chi connectivity index (χ0) is 16.9. The van der Waals surface area contributed by atoms with E-state index in [0.29, 0.717) is 0 Å². The Labute approximate surface area is 134 Å². The van der Waals surface area contributed by atoms with Crippen LogP contribution in [0.2, 0.25) is 0 Å². The zero-order valence-corrected chi connectivity index (χ0v) is 14.7. The van der Waals surface area contributed by atoms with Crippen LogP contribution in [0.1, 0.15) is 60.8 Å². The van der Waals surface area contributed by atoms with Gasteiger partial charge in [0.15, 0.2) is 11.6 Å². The average Bonchev–Trinajstić information content (AvgIpc) is 2.35. The van der Waals surface area contributed by atoms with E-state index >= 15 is 0 Å². The van der Waals surface area contributed by atoms with Crippen LogP contribution in [0.15, 0.2) is 46.1 Å². The summed E-state index contributed by atoms with van der Waals surface area (Å²) in [5.41, 5.74) is 5.06. The first-order chi connectivity index (χ1) is 10.2. The van der Waals surface area contributed by atoms with Crippen LogP contribution in [0.3, 0.4) is 0 Å². The van der Waals surface area contributed by atoms with Crippen LogP contribution in [-0.2, 0) is 9.59 Å². The smallest absolute Gasteiger partial charge is 0.182 e. The second-order valence-electron chi connectivity index (χ2n) is 6.74. The molecule has 2 nitrogen and oxygen atoms in total. The second-order valence-corrected chi connectivity index (χ2v) is 6.74. The van der Waals surface area contributed by atoms with Crippen molar-refractivity contribution in [2.45, 2.75) is 60.8 Å². The Bertz CT molecular complexity index is 575. The molecule has 0 spiro atoms. The molecule has 1 rings (SSSR count). The van der Waals surface area contributed by atoms with Crippen LogP contribution in [-0.4, -0.2) is 11.6 Å². The molecule has 1 aliphatic rings. The van der Waals surface area contributed by atoms with Crippen molar-refractivity contribution in [1.82, 2.24) is 0 Å². The predicted octanol–water partition coefficient (Wildman–Crippen LogP) is 5.12. The number of hydrogen-bond acceptors (Lipinski definition) is 2. The van der Waals surface area contributed by atoms with Gasteiger partial charge in [-0.15, -0.1) is 0 Å². The van der Waals surface area contributed by atoms with Gasteiger partial charge in [0, 0.05) is 11.5 Å². The summed E-state index contributed by atoms with van der Waals surface area (Å²) in [5, 5.41) is 0. The SMILES string of the molecule is CC(C)=CC(=O)/C=C(\C)C1CCCC(C)=C1C(=O)C=C(C)C. The van der Waals surface area contributed by atoms with Crippen molar-refractivity contribution in [1.29, 1.82) is 0 Å². The van der Waals surface area contributed by atoms with Crippen LogP contribution < -0.4 is 0 Å². The number of ketones is 2. The summed E-state index contributed by atoms with van der Waals surface area (Å²) in [7, 11) is 0. The van der Waals surface area contributed by atoms with E-state index in [2.05, 4.69) is 0 Å². The lowest BCUT2D eigenvalue weighted by atomic mass is 9.77. The van der Waals surface area contributed by atoms with Crippen molar-refractivity contribution in [2.75, 3.05) is 0 Å². The molecule has 1 aliphatic carbocycles. The third-order valence-corrected chi connectivity index (χ3v) is 3.89. The fourth-order valence-electron chi connectivity index (χ4n) is 2.98. The lowest BCUT2D eigenvalue weighted by Crippen LogP contribution is -2.19. The Morgan fingerprint density at radius 1 is 0.955 bits per heavy atom. The minimum atomic E-state index is 0.00902. The third-order valence-electron chi connectivity index (χ3n) is 3.89. The van der Waals surface area contributed by atoms with Gasteiger partial charge >= 0.3 is 0 Å². The fraction of sp³-hybridized carbons (Fsp3) is 0.500. The molecule has 0 fully saturated rings. The molecule has 0 saturated carbocycles. The molecule has 0 saturated heterocycles.